The zero-order chi connectivity index (χ0) is 22.5. The SMILES string of the molecule is C[C@H](O)c1nccn1[C@@H](C#Cc1ccc(-c2ccc(N[C@H]3CCOC3)cc2F)cc1)CO. The van der Waals surface area contributed by atoms with E-state index in [-0.39, 0.29) is 18.5 Å². The number of aliphatic hydroxyl groups is 2. The number of nitrogens with one attached hydrogen (secondary N) is 1. The van der Waals surface area contributed by atoms with Gasteiger partial charge in [-0.3, -0.25) is 0 Å². The number of halogens is 1. The van der Waals surface area contributed by atoms with Crippen LogP contribution in [0.25, 0.3) is 11.1 Å². The molecule has 2 heterocycles. The zero-order valence-electron chi connectivity index (χ0n) is 17.8. The second-order valence-corrected chi connectivity index (χ2v) is 7.81. The average molecular weight is 435 g/mol. The molecule has 2 aromatic carbocycles. The lowest BCUT2D eigenvalue weighted by Gasteiger charge is -2.14. The molecule has 0 amide bonds. The number of aromatic nitrogens is 2. The van der Waals surface area contributed by atoms with Crippen LogP contribution in [0.5, 0.6) is 0 Å². The minimum Gasteiger partial charge on any atom is -0.393 e. The van der Waals surface area contributed by atoms with Crippen molar-refractivity contribution in [2.24, 2.45) is 0 Å². The number of imidazole rings is 1. The summed E-state index contributed by atoms with van der Waals surface area (Å²) in [5.74, 6) is 6.21. The molecule has 3 atom stereocenters. The van der Waals surface area contributed by atoms with Gasteiger partial charge in [0, 0.05) is 35.8 Å². The number of aliphatic hydroxyl groups excluding tert-OH is 2. The van der Waals surface area contributed by atoms with Gasteiger partial charge in [0.25, 0.3) is 0 Å². The van der Waals surface area contributed by atoms with Gasteiger partial charge in [-0.25, -0.2) is 9.37 Å². The van der Waals surface area contributed by atoms with Crippen LogP contribution in [0.1, 0.15) is 36.9 Å². The van der Waals surface area contributed by atoms with Crippen LogP contribution in [-0.2, 0) is 4.74 Å². The Bertz CT molecular complexity index is 1110. The van der Waals surface area contributed by atoms with E-state index in [0.29, 0.717) is 18.0 Å². The van der Waals surface area contributed by atoms with Gasteiger partial charge >= 0.3 is 0 Å². The van der Waals surface area contributed by atoms with E-state index in [0.717, 1.165) is 29.8 Å². The summed E-state index contributed by atoms with van der Waals surface area (Å²) in [5.41, 5.74) is 2.76. The molecular weight excluding hydrogens is 409 g/mol. The molecule has 3 N–H and O–H groups in total. The lowest BCUT2D eigenvalue weighted by molar-refractivity contribution is 0.176. The predicted molar refractivity (Wildman–Crippen MR) is 121 cm³/mol. The highest BCUT2D eigenvalue weighted by Crippen LogP contribution is 2.26. The van der Waals surface area contributed by atoms with Crippen LogP contribution in [-0.4, -0.2) is 45.6 Å². The molecule has 0 aliphatic carbocycles. The Labute approximate surface area is 186 Å². The van der Waals surface area contributed by atoms with Crippen LogP contribution < -0.4 is 5.32 Å². The quantitative estimate of drug-likeness (QED) is 0.517. The van der Waals surface area contributed by atoms with Crippen molar-refractivity contribution in [2.75, 3.05) is 25.1 Å². The number of hydrogen-bond acceptors (Lipinski definition) is 5. The second kappa shape index (κ2) is 9.96. The van der Waals surface area contributed by atoms with Crippen molar-refractivity contribution in [3.63, 3.8) is 0 Å². The van der Waals surface area contributed by atoms with Crippen LogP contribution in [0.2, 0.25) is 0 Å². The van der Waals surface area contributed by atoms with E-state index in [1.165, 1.54) is 6.07 Å². The molecule has 1 aliphatic rings. The van der Waals surface area contributed by atoms with Gasteiger partial charge in [0.15, 0.2) is 0 Å². The highest BCUT2D eigenvalue weighted by atomic mass is 19.1. The Balaban J connectivity index is 1.48. The molecule has 7 heteroatoms. The number of hydrogen-bond donors (Lipinski definition) is 3. The van der Waals surface area contributed by atoms with Gasteiger partial charge in [-0.2, -0.15) is 0 Å². The first-order valence-electron chi connectivity index (χ1n) is 10.6. The molecule has 32 heavy (non-hydrogen) atoms. The van der Waals surface area contributed by atoms with E-state index in [1.54, 1.807) is 30.0 Å². The molecule has 1 saturated heterocycles. The van der Waals surface area contributed by atoms with Crippen molar-refractivity contribution < 1.29 is 19.3 Å². The van der Waals surface area contributed by atoms with E-state index in [9.17, 15) is 14.6 Å². The third-order valence-corrected chi connectivity index (χ3v) is 5.43. The summed E-state index contributed by atoms with van der Waals surface area (Å²) in [5, 5.41) is 22.8. The van der Waals surface area contributed by atoms with Crippen molar-refractivity contribution in [3.8, 4) is 23.0 Å². The van der Waals surface area contributed by atoms with Gasteiger partial charge in [-0.05, 0) is 49.2 Å². The molecule has 6 nitrogen and oxygen atoms in total. The Kier molecular flexibility index (Phi) is 6.86. The van der Waals surface area contributed by atoms with Crippen LogP contribution in [0.15, 0.2) is 54.9 Å². The first kappa shape index (κ1) is 22.0. The minimum absolute atomic E-state index is 0.209. The van der Waals surface area contributed by atoms with Crippen molar-refractivity contribution in [2.45, 2.75) is 31.5 Å². The van der Waals surface area contributed by atoms with E-state index < -0.39 is 12.1 Å². The zero-order valence-corrected chi connectivity index (χ0v) is 17.8. The summed E-state index contributed by atoms with van der Waals surface area (Å²) >= 11 is 0. The molecular formula is C25H26FN3O3. The van der Waals surface area contributed by atoms with E-state index in [2.05, 4.69) is 22.1 Å². The molecule has 1 fully saturated rings. The number of anilines is 1. The molecule has 1 aliphatic heterocycles. The van der Waals surface area contributed by atoms with Crippen LogP contribution >= 0.6 is 0 Å². The molecule has 1 aromatic heterocycles. The fourth-order valence-electron chi connectivity index (χ4n) is 3.74. The van der Waals surface area contributed by atoms with Crippen molar-refractivity contribution >= 4 is 5.69 Å². The van der Waals surface area contributed by atoms with Crippen LogP contribution in [0.4, 0.5) is 10.1 Å². The van der Waals surface area contributed by atoms with E-state index in [4.69, 9.17) is 4.74 Å². The fraction of sp³-hybridized carbons (Fsp3) is 0.320. The van der Waals surface area contributed by atoms with Crippen molar-refractivity contribution in [1.82, 2.24) is 9.55 Å². The van der Waals surface area contributed by atoms with E-state index in [1.807, 2.05) is 30.3 Å². The first-order chi connectivity index (χ1) is 15.5. The summed E-state index contributed by atoms with van der Waals surface area (Å²) in [7, 11) is 0. The number of benzene rings is 2. The molecule has 0 radical (unpaired) electrons. The van der Waals surface area contributed by atoms with Gasteiger partial charge in [-0.15, -0.1) is 0 Å². The smallest absolute Gasteiger partial charge is 0.138 e. The predicted octanol–water partition coefficient (Wildman–Crippen LogP) is 3.53. The molecule has 4 rings (SSSR count). The second-order valence-electron chi connectivity index (χ2n) is 7.81. The van der Waals surface area contributed by atoms with Gasteiger partial charge < -0.3 is 24.8 Å². The standard InChI is InChI=1S/C25H26FN3O3/c1-17(31)25-27-11-12-29(25)22(15-30)8-4-18-2-5-19(6-3-18)23-9-7-20(14-24(23)26)28-21-10-13-32-16-21/h2-3,5-7,9,11-12,14,17,21-22,28,30-31H,10,13,15-16H2,1H3/t17-,21-,22-/m0/s1. The third kappa shape index (κ3) is 5.00. The normalized spacial score (nSPS) is 17.4. The maximum absolute atomic E-state index is 14.7. The molecule has 166 valence electrons. The van der Waals surface area contributed by atoms with Gasteiger partial charge in [0.05, 0.1) is 19.3 Å². The maximum Gasteiger partial charge on any atom is 0.138 e. The Morgan fingerprint density at radius 3 is 2.75 bits per heavy atom. The summed E-state index contributed by atoms with van der Waals surface area (Å²) < 4.78 is 21.7. The molecule has 0 unspecified atom stereocenters. The lowest BCUT2D eigenvalue weighted by atomic mass is 10.0. The first-order valence-corrected chi connectivity index (χ1v) is 10.6. The monoisotopic (exact) mass is 435 g/mol. The summed E-state index contributed by atoms with van der Waals surface area (Å²) in [4.78, 5) is 4.12. The average Bonchev–Trinajstić information content (AvgIpc) is 3.47. The van der Waals surface area contributed by atoms with E-state index >= 15 is 0 Å². The van der Waals surface area contributed by atoms with Gasteiger partial charge in [-0.1, -0.05) is 24.0 Å². The lowest BCUT2D eigenvalue weighted by Crippen LogP contribution is -2.18. The fourth-order valence-corrected chi connectivity index (χ4v) is 3.74. The Morgan fingerprint density at radius 2 is 2.09 bits per heavy atom. The van der Waals surface area contributed by atoms with Crippen LogP contribution in [0, 0.1) is 17.7 Å². The largest absolute Gasteiger partial charge is 0.393 e. The molecule has 3 aromatic rings. The highest BCUT2D eigenvalue weighted by molar-refractivity contribution is 5.67. The molecule has 0 spiro atoms. The highest BCUT2D eigenvalue weighted by Gasteiger charge is 2.16. The number of ether oxygens (including phenoxy) is 1. The van der Waals surface area contributed by atoms with Crippen molar-refractivity contribution in [3.05, 3.63) is 72.1 Å². The van der Waals surface area contributed by atoms with Gasteiger partial charge in [0.1, 0.15) is 23.8 Å². The molecule has 0 bridgehead atoms. The summed E-state index contributed by atoms with van der Waals surface area (Å²) in [6.07, 6.45) is 3.41. The third-order valence-electron chi connectivity index (χ3n) is 5.43. The summed E-state index contributed by atoms with van der Waals surface area (Å²) in [6, 6.07) is 12.2. The number of rotatable bonds is 6. The maximum atomic E-state index is 14.7. The Hall–Kier alpha value is -3.18. The summed E-state index contributed by atoms with van der Waals surface area (Å²) in [6.45, 7) is 2.78. The topological polar surface area (TPSA) is 79.5 Å². The Morgan fingerprint density at radius 1 is 1.28 bits per heavy atom. The molecule has 0 saturated carbocycles. The minimum atomic E-state index is -0.761. The number of nitrogens with zero attached hydrogens (tertiary/aromatic N) is 2. The van der Waals surface area contributed by atoms with Crippen LogP contribution in [0.3, 0.4) is 0 Å². The van der Waals surface area contributed by atoms with Crippen molar-refractivity contribution in [1.29, 1.82) is 0 Å². The van der Waals surface area contributed by atoms with Gasteiger partial charge in [0.2, 0.25) is 0 Å².